The number of aryl methyl sites for hydroxylation is 1. The summed E-state index contributed by atoms with van der Waals surface area (Å²) in [6, 6.07) is 19.7. The molecule has 0 bridgehead atoms. The number of imide groups is 1. The second-order valence-electron chi connectivity index (χ2n) is 6.86. The molecule has 0 unspecified atom stereocenters. The highest BCUT2D eigenvalue weighted by Crippen LogP contribution is 2.35. The van der Waals surface area contributed by atoms with E-state index >= 15 is 0 Å². The summed E-state index contributed by atoms with van der Waals surface area (Å²) < 4.78 is 18.8. The monoisotopic (exact) mass is 402 g/mol. The summed E-state index contributed by atoms with van der Waals surface area (Å²) >= 11 is 0. The number of benzene rings is 3. The lowest BCUT2D eigenvalue weighted by Gasteiger charge is -2.16. The van der Waals surface area contributed by atoms with Crippen molar-refractivity contribution >= 4 is 28.8 Å². The lowest BCUT2D eigenvalue weighted by molar-refractivity contribution is -0.120. The summed E-state index contributed by atoms with van der Waals surface area (Å²) in [5.74, 6) is -0.870. The third-order valence-electron chi connectivity index (χ3n) is 4.88. The maximum Gasteiger partial charge on any atom is 0.282 e. The Hall–Kier alpha value is -3.93. The molecule has 0 aromatic heterocycles. The number of hydrogen-bond acceptors (Lipinski definition) is 4. The van der Waals surface area contributed by atoms with Crippen LogP contribution in [0.15, 0.2) is 78.5 Å². The number of methoxy groups -OCH3 is 1. The SMILES string of the molecule is COc1ccccc1NC1=C(c2ccc(F)cc2)C(=O)N(c2ccc(C)cc2)C1=O. The molecular formula is C24H19FN2O3. The molecular weight excluding hydrogens is 383 g/mol. The van der Waals surface area contributed by atoms with Crippen molar-refractivity contribution in [3.8, 4) is 5.75 Å². The minimum atomic E-state index is -0.492. The average Bonchev–Trinajstić information content (AvgIpc) is 2.99. The fourth-order valence-electron chi connectivity index (χ4n) is 3.34. The van der Waals surface area contributed by atoms with Crippen molar-refractivity contribution < 1.29 is 18.7 Å². The van der Waals surface area contributed by atoms with Crippen molar-refractivity contribution in [2.45, 2.75) is 6.92 Å². The standard InChI is InChI=1S/C24H19FN2O3/c1-15-7-13-18(14-8-15)27-23(28)21(16-9-11-17(25)12-10-16)22(24(27)29)26-19-5-3-4-6-20(19)30-2/h3-14,26H,1-2H3. The van der Waals surface area contributed by atoms with Gasteiger partial charge in [0.1, 0.15) is 17.3 Å². The van der Waals surface area contributed by atoms with Crippen LogP contribution in [0.3, 0.4) is 0 Å². The van der Waals surface area contributed by atoms with E-state index in [4.69, 9.17) is 4.74 Å². The molecule has 0 fully saturated rings. The van der Waals surface area contributed by atoms with Gasteiger partial charge in [-0.15, -0.1) is 0 Å². The summed E-state index contributed by atoms with van der Waals surface area (Å²) in [7, 11) is 1.52. The molecule has 1 aliphatic rings. The van der Waals surface area contributed by atoms with E-state index in [-0.39, 0.29) is 11.3 Å². The Morgan fingerprint density at radius 1 is 0.867 bits per heavy atom. The lowest BCUT2D eigenvalue weighted by atomic mass is 10.0. The number of nitrogens with one attached hydrogen (secondary N) is 1. The van der Waals surface area contributed by atoms with Crippen LogP contribution in [0.4, 0.5) is 15.8 Å². The van der Waals surface area contributed by atoms with Gasteiger partial charge in [-0.1, -0.05) is 42.0 Å². The summed E-state index contributed by atoms with van der Waals surface area (Å²) in [5, 5.41) is 3.06. The molecule has 2 amide bonds. The molecule has 3 aromatic carbocycles. The van der Waals surface area contributed by atoms with E-state index in [0.29, 0.717) is 22.7 Å². The number of carbonyl (C=O) groups is 2. The van der Waals surface area contributed by atoms with E-state index in [9.17, 15) is 14.0 Å². The fourth-order valence-corrected chi connectivity index (χ4v) is 3.34. The summed E-state index contributed by atoms with van der Waals surface area (Å²) in [6.07, 6.45) is 0. The van der Waals surface area contributed by atoms with Crippen molar-refractivity contribution in [2.75, 3.05) is 17.3 Å². The van der Waals surface area contributed by atoms with Crippen molar-refractivity contribution in [1.29, 1.82) is 0 Å². The largest absolute Gasteiger partial charge is 0.495 e. The highest BCUT2D eigenvalue weighted by molar-refractivity contribution is 6.46. The molecule has 1 N–H and O–H groups in total. The molecule has 0 radical (unpaired) electrons. The maximum atomic E-state index is 13.5. The predicted octanol–water partition coefficient (Wildman–Crippen LogP) is 4.54. The first-order valence-corrected chi connectivity index (χ1v) is 9.35. The van der Waals surface area contributed by atoms with E-state index in [1.807, 2.05) is 19.1 Å². The van der Waals surface area contributed by atoms with Gasteiger partial charge in [0.15, 0.2) is 0 Å². The van der Waals surface area contributed by atoms with E-state index in [1.54, 1.807) is 36.4 Å². The third-order valence-corrected chi connectivity index (χ3v) is 4.88. The van der Waals surface area contributed by atoms with E-state index in [1.165, 1.54) is 31.4 Å². The molecule has 0 atom stereocenters. The zero-order chi connectivity index (χ0) is 21.3. The lowest BCUT2D eigenvalue weighted by Crippen LogP contribution is -2.32. The molecule has 6 heteroatoms. The maximum absolute atomic E-state index is 13.5. The Morgan fingerprint density at radius 3 is 2.20 bits per heavy atom. The van der Waals surface area contributed by atoms with Gasteiger partial charge < -0.3 is 10.1 Å². The highest BCUT2D eigenvalue weighted by Gasteiger charge is 2.40. The van der Waals surface area contributed by atoms with Crippen molar-refractivity contribution in [1.82, 2.24) is 0 Å². The van der Waals surface area contributed by atoms with Crippen LogP contribution in [0.25, 0.3) is 5.57 Å². The first kappa shape index (κ1) is 19.4. The van der Waals surface area contributed by atoms with Gasteiger partial charge in [0.05, 0.1) is 24.1 Å². The van der Waals surface area contributed by atoms with Crippen LogP contribution in [0, 0.1) is 12.7 Å². The van der Waals surface area contributed by atoms with Gasteiger partial charge in [0, 0.05) is 0 Å². The predicted molar refractivity (Wildman–Crippen MR) is 114 cm³/mol. The quantitative estimate of drug-likeness (QED) is 0.637. The Labute approximate surface area is 173 Å². The Balaban J connectivity index is 1.83. The third kappa shape index (κ3) is 3.43. The number of ether oxygens (including phenoxy) is 1. The summed E-state index contributed by atoms with van der Waals surface area (Å²) in [6.45, 7) is 1.92. The van der Waals surface area contributed by atoms with Gasteiger partial charge in [-0.05, 0) is 48.9 Å². The van der Waals surface area contributed by atoms with Crippen LogP contribution >= 0.6 is 0 Å². The van der Waals surface area contributed by atoms with Crippen LogP contribution in [0.1, 0.15) is 11.1 Å². The Morgan fingerprint density at radius 2 is 1.53 bits per heavy atom. The number of rotatable bonds is 5. The van der Waals surface area contributed by atoms with E-state index in [0.717, 1.165) is 10.5 Å². The Bertz CT molecular complexity index is 1150. The topological polar surface area (TPSA) is 58.6 Å². The normalized spacial score (nSPS) is 13.8. The van der Waals surface area contributed by atoms with E-state index < -0.39 is 17.6 Å². The molecule has 30 heavy (non-hydrogen) atoms. The zero-order valence-electron chi connectivity index (χ0n) is 16.5. The van der Waals surface area contributed by atoms with Crippen molar-refractivity contribution in [2.24, 2.45) is 0 Å². The molecule has 4 rings (SSSR count). The minimum Gasteiger partial charge on any atom is -0.495 e. The number of carbonyl (C=O) groups excluding carboxylic acids is 2. The number of para-hydroxylation sites is 2. The van der Waals surface area contributed by atoms with Crippen LogP contribution in [-0.4, -0.2) is 18.9 Å². The van der Waals surface area contributed by atoms with Gasteiger partial charge in [-0.3, -0.25) is 9.59 Å². The highest BCUT2D eigenvalue weighted by atomic mass is 19.1. The molecule has 0 saturated heterocycles. The minimum absolute atomic E-state index is 0.108. The first-order valence-electron chi connectivity index (χ1n) is 9.35. The second-order valence-corrected chi connectivity index (χ2v) is 6.86. The first-order chi connectivity index (χ1) is 14.5. The smallest absolute Gasteiger partial charge is 0.282 e. The number of nitrogens with zero attached hydrogens (tertiary/aromatic N) is 1. The zero-order valence-corrected chi connectivity index (χ0v) is 16.5. The fraction of sp³-hybridized carbons (Fsp3) is 0.0833. The van der Waals surface area contributed by atoms with Gasteiger partial charge in [-0.25, -0.2) is 9.29 Å². The van der Waals surface area contributed by atoms with Gasteiger partial charge in [-0.2, -0.15) is 0 Å². The number of amides is 2. The molecule has 0 spiro atoms. The number of hydrogen-bond donors (Lipinski definition) is 1. The van der Waals surface area contributed by atoms with Gasteiger partial charge in [0.25, 0.3) is 11.8 Å². The molecule has 1 aliphatic heterocycles. The number of halogens is 1. The van der Waals surface area contributed by atoms with Gasteiger partial charge >= 0.3 is 0 Å². The molecule has 0 aliphatic carbocycles. The molecule has 0 saturated carbocycles. The van der Waals surface area contributed by atoms with Crippen LogP contribution in [0.2, 0.25) is 0 Å². The molecule has 1 heterocycles. The molecule has 5 nitrogen and oxygen atoms in total. The number of anilines is 2. The van der Waals surface area contributed by atoms with Gasteiger partial charge in [0.2, 0.25) is 0 Å². The Kier molecular flexibility index (Phi) is 5.06. The molecule has 150 valence electrons. The molecule has 3 aromatic rings. The van der Waals surface area contributed by atoms with Crippen LogP contribution in [-0.2, 0) is 9.59 Å². The second kappa shape index (κ2) is 7.83. The van der Waals surface area contributed by atoms with Crippen molar-refractivity contribution in [3.63, 3.8) is 0 Å². The summed E-state index contributed by atoms with van der Waals surface area (Å²) in [5.41, 5.74) is 2.75. The summed E-state index contributed by atoms with van der Waals surface area (Å²) in [4.78, 5) is 27.8. The van der Waals surface area contributed by atoms with Crippen LogP contribution < -0.4 is 15.0 Å². The van der Waals surface area contributed by atoms with E-state index in [2.05, 4.69) is 5.32 Å². The average molecular weight is 402 g/mol. The van der Waals surface area contributed by atoms with Crippen molar-refractivity contribution in [3.05, 3.63) is 95.4 Å². The van der Waals surface area contributed by atoms with Crippen LogP contribution in [0.5, 0.6) is 5.75 Å².